The van der Waals surface area contributed by atoms with Crippen molar-refractivity contribution in [2.24, 2.45) is 0 Å². The van der Waals surface area contributed by atoms with Crippen LogP contribution < -0.4 is 0 Å². The van der Waals surface area contributed by atoms with Crippen LogP contribution >= 0.6 is 15.9 Å². The van der Waals surface area contributed by atoms with Crippen LogP contribution in [0.15, 0.2) is 40.2 Å². The van der Waals surface area contributed by atoms with Crippen molar-refractivity contribution in [3.63, 3.8) is 0 Å². The monoisotopic (exact) mass is 361 g/mol. The first-order chi connectivity index (χ1) is 9.46. The molecule has 0 amide bonds. The Morgan fingerprint density at radius 3 is 2.60 bits per heavy atom. The first kappa shape index (κ1) is 15.7. The topological polar surface area (TPSA) is 37.4 Å². The van der Waals surface area contributed by atoms with Gasteiger partial charge in [0.1, 0.15) is 5.82 Å². The second kappa shape index (κ2) is 6.37. The fourth-order valence-electron chi connectivity index (χ4n) is 2.54. The van der Waals surface area contributed by atoms with E-state index in [4.69, 9.17) is 0 Å². The number of hydrogen-bond acceptors (Lipinski definition) is 2. The van der Waals surface area contributed by atoms with Crippen LogP contribution in [0.25, 0.3) is 0 Å². The van der Waals surface area contributed by atoms with Gasteiger partial charge in [0, 0.05) is 12.6 Å². The van der Waals surface area contributed by atoms with Gasteiger partial charge in [0.2, 0.25) is 10.0 Å². The lowest BCUT2D eigenvalue weighted by Crippen LogP contribution is -2.38. The van der Waals surface area contributed by atoms with E-state index in [9.17, 15) is 12.8 Å². The van der Waals surface area contributed by atoms with Crippen LogP contribution in [0.4, 0.5) is 4.39 Å². The molecule has 3 nitrogen and oxygen atoms in total. The van der Waals surface area contributed by atoms with Gasteiger partial charge in [0.25, 0.3) is 0 Å². The molecule has 0 saturated heterocycles. The van der Waals surface area contributed by atoms with Crippen LogP contribution in [0.1, 0.15) is 25.7 Å². The summed E-state index contributed by atoms with van der Waals surface area (Å²) in [6.07, 6.45) is 5.34. The molecule has 0 unspecified atom stereocenters. The maximum atomic E-state index is 13.6. The molecule has 0 aromatic heterocycles. The number of benzene rings is 1. The SMILES string of the molecule is C=CCN(C1CCCC1)S(=O)(=O)c1ccc(Br)c(F)c1. The quantitative estimate of drug-likeness (QED) is 0.749. The highest BCUT2D eigenvalue weighted by Crippen LogP contribution is 2.29. The van der Waals surface area contributed by atoms with Gasteiger partial charge in [0.05, 0.1) is 9.37 Å². The van der Waals surface area contributed by atoms with Crippen LogP contribution in [-0.4, -0.2) is 25.3 Å². The smallest absolute Gasteiger partial charge is 0.207 e. The second-order valence-corrected chi connectivity index (χ2v) is 7.62. The minimum absolute atomic E-state index is 0.00745. The summed E-state index contributed by atoms with van der Waals surface area (Å²) < 4.78 is 40.6. The summed E-state index contributed by atoms with van der Waals surface area (Å²) in [5, 5.41) is 0. The zero-order valence-electron chi connectivity index (χ0n) is 11.1. The Morgan fingerprint density at radius 1 is 1.40 bits per heavy atom. The minimum Gasteiger partial charge on any atom is -0.207 e. The Morgan fingerprint density at radius 2 is 2.05 bits per heavy atom. The summed E-state index contributed by atoms with van der Waals surface area (Å²) >= 11 is 3.03. The molecule has 0 N–H and O–H groups in total. The van der Waals surface area contributed by atoms with Gasteiger partial charge in [-0.3, -0.25) is 0 Å². The fourth-order valence-corrected chi connectivity index (χ4v) is 4.45. The molecule has 0 aliphatic heterocycles. The molecule has 6 heteroatoms. The summed E-state index contributed by atoms with van der Waals surface area (Å²) in [5.74, 6) is -0.573. The largest absolute Gasteiger partial charge is 0.243 e. The Labute approximate surface area is 127 Å². The standard InChI is InChI=1S/C14H17BrFNO2S/c1-2-9-17(11-5-3-4-6-11)20(18,19)12-7-8-13(15)14(16)10-12/h2,7-8,10-11H,1,3-6,9H2. The molecule has 1 fully saturated rings. The molecular formula is C14H17BrFNO2S. The molecule has 2 rings (SSSR count). The van der Waals surface area contributed by atoms with Crippen molar-refractivity contribution < 1.29 is 12.8 Å². The van der Waals surface area contributed by atoms with E-state index < -0.39 is 15.8 Å². The van der Waals surface area contributed by atoms with Gasteiger partial charge in [-0.25, -0.2) is 12.8 Å². The zero-order valence-corrected chi connectivity index (χ0v) is 13.5. The molecule has 110 valence electrons. The normalized spacial score (nSPS) is 16.8. The third kappa shape index (κ3) is 3.13. The number of nitrogens with zero attached hydrogens (tertiary/aromatic N) is 1. The first-order valence-electron chi connectivity index (χ1n) is 6.54. The van der Waals surface area contributed by atoms with E-state index in [0.29, 0.717) is 0 Å². The number of sulfonamides is 1. The summed E-state index contributed by atoms with van der Waals surface area (Å²) in [4.78, 5) is -0.00745. The van der Waals surface area contributed by atoms with Crippen LogP contribution in [-0.2, 0) is 10.0 Å². The van der Waals surface area contributed by atoms with Gasteiger partial charge < -0.3 is 0 Å². The third-order valence-corrected chi connectivity index (χ3v) is 6.10. The van der Waals surface area contributed by atoms with E-state index in [1.165, 1.54) is 16.4 Å². The van der Waals surface area contributed by atoms with E-state index in [0.717, 1.165) is 31.7 Å². The van der Waals surface area contributed by atoms with Crippen LogP contribution in [0.2, 0.25) is 0 Å². The van der Waals surface area contributed by atoms with Gasteiger partial charge in [-0.1, -0.05) is 18.9 Å². The highest BCUT2D eigenvalue weighted by molar-refractivity contribution is 9.10. The third-order valence-electron chi connectivity index (χ3n) is 3.54. The van der Waals surface area contributed by atoms with Crippen LogP contribution in [0.5, 0.6) is 0 Å². The van der Waals surface area contributed by atoms with Crippen molar-refractivity contribution in [2.45, 2.75) is 36.6 Å². The van der Waals surface area contributed by atoms with E-state index in [-0.39, 0.29) is 22.0 Å². The van der Waals surface area contributed by atoms with Crippen molar-refractivity contribution in [3.05, 3.63) is 41.1 Å². The Hall–Kier alpha value is -0.720. The van der Waals surface area contributed by atoms with Crippen molar-refractivity contribution >= 4 is 26.0 Å². The molecule has 0 spiro atoms. The van der Waals surface area contributed by atoms with Gasteiger partial charge in [-0.2, -0.15) is 4.31 Å². The highest BCUT2D eigenvalue weighted by atomic mass is 79.9. The molecule has 1 aromatic rings. The van der Waals surface area contributed by atoms with Crippen molar-refractivity contribution in [3.8, 4) is 0 Å². The summed E-state index contributed by atoms with van der Waals surface area (Å²) in [5.41, 5.74) is 0. The molecule has 0 atom stereocenters. The van der Waals surface area contributed by atoms with Crippen LogP contribution in [0.3, 0.4) is 0 Å². The first-order valence-corrected chi connectivity index (χ1v) is 8.78. The van der Waals surface area contributed by atoms with E-state index in [2.05, 4.69) is 22.5 Å². The van der Waals surface area contributed by atoms with Crippen molar-refractivity contribution in [1.82, 2.24) is 4.31 Å². The van der Waals surface area contributed by atoms with Crippen molar-refractivity contribution in [2.75, 3.05) is 6.54 Å². The number of hydrogen-bond donors (Lipinski definition) is 0. The molecule has 1 aromatic carbocycles. The average Bonchev–Trinajstić information content (AvgIpc) is 2.92. The summed E-state index contributed by atoms with van der Waals surface area (Å²) in [6, 6.07) is 3.89. The Kier molecular flexibility index (Phi) is 4.99. The Bertz CT molecular complexity index is 597. The highest BCUT2D eigenvalue weighted by Gasteiger charge is 2.32. The number of halogens is 2. The average molecular weight is 362 g/mol. The molecule has 20 heavy (non-hydrogen) atoms. The Balaban J connectivity index is 2.38. The van der Waals surface area contributed by atoms with Gasteiger partial charge >= 0.3 is 0 Å². The lowest BCUT2D eigenvalue weighted by molar-refractivity contribution is 0.347. The summed E-state index contributed by atoms with van der Waals surface area (Å²) in [7, 11) is -3.68. The van der Waals surface area contributed by atoms with Crippen LogP contribution in [0, 0.1) is 5.82 Å². The zero-order chi connectivity index (χ0) is 14.8. The fraction of sp³-hybridized carbons (Fsp3) is 0.429. The lowest BCUT2D eigenvalue weighted by Gasteiger charge is -2.27. The van der Waals surface area contributed by atoms with Crippen molar-refractivity contribution in [1.29, 1.82) is 0 Å². The molecular weight excluding hydrogens is 345 g/mol. The molecule has 0 heterocycles. The lowest BCUT2D eigenvalue weighted by atomic mass is 10.2. The molecule has 0 bridgehead atoms. The van der Waals surface area contributed by atoms with Gasteiger partial charge in [-0.05, 0) is 47.0 Å². The van der Waals surface area contributed by atoms with Gasteiger partial charge in [0.15, 0.2) is 0 Å². The predicted molar refractivity (Wildman–Crippen MR) is 80.4 cm³/mol. The molecule has 1 aliphatic rings. The number of rotatable bonds is 5. The molecule has 0 radical (unpaired) electrons. The van der Waals surface area contributed by atoms with E-state index >= 15 is 0 Å². The maximum Gasteiger partial charge on any atom is 0.243 e. The molecule has 1 saturated carbocycles. The maximum absolute atomic E-state index is 13.6. The predicted octanol–water partition coefficient (Wildman–Crippen LogP) is 3.71. The summed E-state index contributed by atoms with van der Waals surface area (Å²) in [6.45, 7) is 3.88. The van der Waals surface area contributed by atoms with Gasteiger partial charge in [-0.15, -0.1) is 6.58 Å². The molecule has 1 aliphatic carbocycles. The van der Waals surface area contributed by atoms with E-state index in [1.54, 1.807) is 6.08 Å². The van der Waals surface area contributed by atoms with E-state index in [1.807, 2.05) is 0 Å². The minimum atomic E-state index is -3.68. The second-order valence-electron chi connectivity index (χ2n) is 4.88.